The summed E-state index contributed by atoms with van der Waals surface area (Å²) in [7, 11) is 2.87. The van der Waals surface area contributed by atoms with Gasteiger partial charge in [-0.3, -0.25) is 9.59 Å². The van der Waals surface area contributed by atoms with Crippen molar-refractivity contribution in [1.82, 2.24) is 9.80 Å². The number of hydrogen-bond donors (Lipinski definition) is 1. The van der Waals surface area contributed by atoms with Crippen molar-refractivity contribution in [2.24, 2.45) is 0 Å². The van der Waals surface area contributed by atoms with E-state index in [0.717, 1.165) is 13.1 Å². The van der Waals surface area contributed by atoms with Crippen molar-refractivity contribution in [1.29, 1.82) is 0 Å². The molecule has 1 aliphatic rings. The van der Waals surface area contributed by atoms with Crippen molar-refractivity contribution >= 4 is 17.4 Å². The number of halogens is 1. The molecule has 7 nitrogen and oxygen atoms in total. The van der Waals surface area contributed by atoms with Crippen molar-refractivity contribution in [2.45, 2.75) is 19.9 Å². The summed E-state index contributed by atoms with van der Waals surface area (Å²) in [5.41, 5.74) is 0.607. The van der Waals surface area contributed by atoms with Gasteiger partial charge in [0.1, 0.15) is 28.6 Å². The molecule has 1 N–H and O–H groups in total. The molecule has 1 saturated heterocycles. The lowest BCUT2D eigenvalue weighted by Gasteiger charge is -2.28. The smallest absolute Gasteiger partial charge is 0.295 e. The number of nitrogens with zero attached hydrogens (tertiary/aromatic N) is 2. The molecule has 0 spiro atoms. The van der Waals surface area contributed by atoms with Crippen molar-refractivity contribution in [3.8, 4) is 11.5 Å². The molecule has 0 aromatic heterocycles. The van der Waals surface area contributed by atoms with Gasteiger partial charge in [0.25, 0.3) is 11.7 Å². The highest BCUT2D eigenvalue weighted by molar-refractivity contribution is 6.46. The molecule has 1 unspecified atom stereocenters. The first-order chi connectivity index (χ1) is 15.9. The molecular formula is C25H29FN2O5. The van der Waals surface area contributed by atoms with Crippen LogP contribution in [0.15, 0.2) is 48.0 Å². The van der Waals surface area contributed by atoms with Gasteiger partial charge in [-0.2, -0.15) is 0 Å². The highest BCUT2D eigenvalue weighted by Crippen LogP contribution is 2.43. The van der Waals surface area contributed by atoms with E-state index in [9.17, 15) is 19.1 Å². The fraction of sp³-hybridized carbons (Fsp3) is 0.360. The average molecular weight is 457 g/mol. The minimum absolute atomic E-state index is 0.0889. The fourth-order valence-corrected chi connectivity index (χ4v) is 4.11. The lowest BCUT2D eigenvalue weighted by molar-refractivity contribution is -0.140. The van der Waals surface area contributed by atoms with E-state index >= 15 is 0 Å². The van der Waals surface area contributed by atoms with Gasteiger partial charge in [-0.1, -0.05) is 32.0 Å². The molecule has 8 heteroatoms. The Balaban J connectivity index is 2.19. The van der Waals surface area contributed by atoms with Crippen LogP contribution in [0, 0.1) is 5.82 Å². The first kappa shape index (κ1) is 24.3. The quantitative estimate of drug-likeness (QED) is 0.353. The lowest BCUT2D eigenvalue weighted by Crippen LogP contribution is -2.38. The minimum atomic E-state index is -0.879. The van der Waals surface area contributed by atoms with Gasteiger partial charge in [0.15, 0.2) is 0 Å². The molecule has 0 saturated carbocycles. The van der Waals surface area contributed by atoms with Crippen LogP contribution in [0.1, 0.15) is 31.0 Å². The van der Waals surface area contributed by atoms with E-state index < -0.39 is 29.3 Å². The third-order valence-electron chi connectivity index (χ3n) is 5.94. The Bertz CT molecular complexity index is 1030. The highest BCUT2D eigenvalue weighted by atomic mass is 19.1. The van der Waals surface area contributed by atoms with Gasteiger partial charge in [0, 0.05) is 13.1 Å². The predicted octanol–water partition coefficient (Wildman–Crippen LogP) is 3.61. The Labute approximate surface area is 193 Å². The minimum Gasteiger partial charge on any atom is -0.506 e. The number of ether oxygens (including phenoxy) is 2. The van der Waals surface area contributed by atoms with E-state index in [-0.39, 0.29) is 17.7 Å². The molecular weight excluding hydrogens is 427 g/mol. The van der Waals surface area contributed by atoms with Crippen molar-refractivity contribution in [2.75, 3.05) is 40.4 Å². The van der Waals surface area contributed by atoms with Crippen molar-refractivity contribution in [3.05, 3.63) is 65.0 Å². The zero-order valence-corrected chi connectivity index (χ0v) is 19.3. The van der Waals surface area contributed by atoms with Gasteiger partial charge < -0.3 is 24.4 Å². The summed E-state index contributed by atoms with van der Waals surface area (Å²) in [5, 5.41) is 11.3. The Kier molecular flexibility index (Phi) is 7.71. The molecule has 0 radical (unpaired) electrons. The number of hydrogen-bond acceptors (Lipinski definition) is 6. The number of benzene rings is 2. The van der Waals surface area contributed by atoms with E-state index in [1.165, 1.54) is 43.4 Å². The number of likely N-dealkylation sites (N-methyl/N-ethyl adjacent to an activating group) is 1. The number of amides is 1. The zero-order valence-electron chi connectivity index (χ0n) is 19.3. The third kappa shape index (κ3) is 4.71. The van der Waals surface area contributed by atoms with Gasteiger partial charge in [0.05, 0.1) is 25.8 Å². The summed E-state index contributed by atoms with van der Waals surface area (Å²) in [6.45, 7) is 6.44. The number of ketones is 1. The summed E-state index contributed by atoms with van der Waals surface area (Å²) in [4.78, 5) is 29.8. The second-order valence-electron chi connectivity index (χ2n) is 7.61. The van der Waals surface area contributed by atoms with Crippen LogP contribution >= 0.6 is 0 Å². The maximum absolute atomic E-state index is 13.6. The molecule has 176 valence electrons. The maximum Gasteiger partial charge on any atom is 0.295 e. The van der Waals surface area contributed by atoms with Gasteiger partial charge in [-0.05, 0) is 42.9 Å². The van der Waals surface area contributed by atoms with Crippen LogP contribution in [0.25, 0.3) is 5.76 Å². The van der Waals surface area contributed by atoms with Crippen LogP contribution in [0.2, 0.25) is 0 Å². The monoisotopic (exact) mass is 456 g/mol. The van der Waals surface area contributed by atoms with E-state index in [1.807, 2.05) is 13.8 Å². The summed E-state index contributed by atoms with van der Waals surface area (Å²) in [6.07, 6.45) is 0. The Morgan fingerprint density at radius 1 is 1.03 bits per heavy atom. The Morgan fingerprint density at radius 2 is 1.61 bits per heavy atom. The number of likely N-dealkylation sites (tertiary alicyclic amines) is 1. The summed E-state index contributed by atoms with van der Waals surface area (Å²) in [5.74, 6) is -1.79. The summed E-state index contributed by atoms with van der Waals surface area (Å²) >= 11 is 0. The van der Waals surface area contributed by atoms with Gasteiger partial charge in [0.2, 0.25) is 0 Å². The summed E-state index contributed by atoms with van der Waals surface area (Å²) < 4.78 is 24.4. The molecule has 0 bridgehead atoms. The van der Waals surface area contributed by atoms with Crippen LogP contribution in [0.3, 0.4) is 0 Å². The van der Waals surface area contributed by atoms with Crippen LogP contribution in [0.4, 0.5) is 4.39 Å². The van der Waals surface area contributed by atoms with Crippen LogP contribution in [0.5, 0.6) is 11.5 Å². The van der Waals surface area contributed by atoms with Crippen LogP contribution < -0.4 is 9.47 Å². The number of rotatable bonds is 9. The molecule has 2 aromatic rings. The molecule has 33 heavy (non-hydrogen) atoms. The first-order valence-corrected chi connectivity index (χ1v) is 10.8. The number of carbonyl (C=O) groups excluding carboxylic acids is 2. The van der Waals surface area contributed by atoms with Crippen LogP contribution in [-0.4, -0.2) is 67.0 Å². The molecule has 1 aliphatic heterocycles. The number of methoxy groups -OCH3 is 2. The fourth-order valence-electron chi connectivity index (χ4n) is 4.11. The molecule has 1 atom stereocenters. The lowest BCUT2D eigenvalue weighted by atomic mass is 9.94. The van der Waals surface area contributed by atoms with Crippen LogP contribution in [-0.2, 0) is 9.59 Å². The van der Waals surface area contributed by atoms with Gasteiger partial charge >= 0.3 is 0 Å². The number of Topliss-reactive ketones (excluding diaryl/α,β-unsaturated/α-hetero) is 1. The SMILES string of the molecule is CCN(CC)CCN1C(=O)C(=O)/C(=C(/O)c2c(OC)cccc2OC)C1c1ccc(F)cc1. The zero-order chi connectivity index (χ0) is 24.1. The van der Waals surface area contributed by atoms with E-state index in [4.69, 9.17) is 9.47 Å². The molecule has 0 aliphatic carbocycles. The molecule has 2 aromatic carbocycles. The third-order valence-corrected chi connectivity index (χ3v) is 5.94. The van der Waals surface area contributed by atoms with Crippen molar-refractivity contribution < 1.29 is 28.6 Å². The normalized spacial score (nSPS) is 17.6. The average Bonchev–Trinajstić information content (AvgIpc) is 3.09. The topological polar surface area (TPSA) is 79.3 Å². The summed E-state index contributed by atoms with van der Waals surface area (Å²) in [6, 6.07) is 9.63. The second-order valence-corrected chi connectivity index (χ2v) is 7.61. The van der Waals surface area contributed by atoms with E-state index in [2.05, 4.69) is 4.90 Å². The molecule has 1 fully saturated rings. The first-order valence-electron chi connectivity index (χ1n) is 10.8. The number of carbonyl (C=O) groups is 2. The van der Waals surface area contributed by atoms with Gasteiger partial charge in [-0.15, -0.1) is 0 Å². The van der Waals surface area contributed by atoms with E-state index in [0.29, 0.717) is 23.6 Å². The largest absolute Gasteiger partial charge is 0.506 e. The maximum atomic E-state index is 13.6. The van der Waals surface area contributed by atoms with Crippen molar-refractivity contribution in [3.63, 3.8) is 0 Å². The second kappa shape index (κ2) is 10.5. The molecule has 1 amide bonds. The Hall–Kier alpha value is -3.39. The molecule has 1 heterocycles. The predicted molar refractivity (Wildman–Crippen MR) is 123 cm³/mol. The standard InChI is InChI=1S/C25H29FN2O5/c1-5-27(6-2)14-15-28-22(16-10-12-17(26)13-11-16)21(24(30)25(28)31)23(29)20-18(32-3)8-7-9-19(20)33-4/h7-13,22,29H,5-6,14-15H2,1-4H3/b23-21+. The number of aliphatic hydroxyl groups is 1. The molecule has 3 rings (SSSR count). The van der Waals surface area contributed by atoms with Gasteiger partial charge in [-0.25, -0.2) is 4.39 Å². The van der Waals surface area contributed by atoms with E-state index in [1.54, 1.807) is 18.2 Å². The Morgan fingerprint density at radius 3 is 2.12 bits per heavy atom. The number of aliphatic hydroxyl groups excluding tert-OH is 1. The highest BCUT2D eigenvalue weighted by Gasteiger charge is 2.46.